The summed E-state index contributed by atoms with van der Waals surface area (Å²) in [6.07, 6.45) is 3.97. The average Bonchev–Trinajstić information content (AvgIpc) is 3.11. The van der Waals surface area contributed by atoms with Crippen molar-refractivity contribution in [2.45, 2.75) is 44.4 Å². The Morgan fingerprint density at radius 1 is 1.19 bits per heavy atom. The molecule has 1 heterocycles. The second-order valence-corrected chi connectivity index (χ2v) is 6.43. The van der Waals surface area contributed by atoms with Crippen LogP contribution in [0.2, 0.25) is 0 Å². The van der Waals surface area contributed by atoms with Crippen molar-refractivity contribution in [2.24, 2.45) is 0 Å². The molecule has 140 valence electrons. The molecule has 8 heteroatoms. The van der Waals surface area contributed by atoms with Crippen LogP contribution in [0, 0.1) is 0 Å². The summed E-state index contributed by atoms with van der Waals surface area (Å²) in [5.41, 5.74) is 1.52. The predicted octanol–water partition coefficient (Wildman–Crippen LogP) is 2.01. The molecular weight excluding hydrogens is 334 g/mol. The molecule has 1 aliphatic rings. The number of anilines is 1. The summed E-state index contributed by atoms with van der Waals surface area (Å²) < 4.78 is 0. The first kappa shape index (κ1) is 17.9. The largest absolute Gasteiger partial charge is 0.393 e. The van der Waals surface area contributed by atoms with Gasteiger partial charge in [-0.3, -0.25) is 9.89 Å². The molecule has 0 spiro atoms. The maximum atomic E-state index is 12.4. The molecule has 0 radical (unpaired) electrons. The number of nitrogens with zero attached hydrogens (tertiary/aromatic N) is 1. The van der Waals surface area contributed by atoms with Crippen LogP contribution in [0.3, 0.4) is 0 Å². The van der Waals surface area contributed by atoms with Gasteiger partial charge in [-0.05, 0) is 31.2 Å². The number of carbonyl (C=O) groups excluding carboxylic acids is 2. The van der Waals surface area contributed by atoms with Crippen LogP contribution >= 0.6 is 0 Å². The Hall–Kier alpha value is -2.87. The summed E-state index contributed by atoms with van der Waals surface area (Å²) in [7, 11) is 0. The van der Waals surface area contributed by atoms with Gasteiger partial charge in [-0.25, -0.2) is 4.79 Å². The minimum atomic E-state index is -0.412. The number of amides is 3. The lowest BCUT2D eigenvalue weighted by Gasteiger charge is -2.26. The molecule has 26 heavy (non-hydrogen) atoms. The molecule has 3 rings (SSSR count). The van der Waals surface area contributed by atoms with E-state index in [0.29, 0.717) is 25.1 Å². The van der Waals surface area contributed by atoms with Gasteiger partial charge in [-0.1, -0.05) is 30.3 Å². The van der Waals surface area contributed by atoms with E-state index in [-0.39, 0.29) is 25.2 Å². The fraction of sp³-hybridized carbons (Fsp3) is 0.389. The third kappa shape index (κ3) is 4.82. The zero-order valence-corrected chi connectivity index (χ0v) is 14.4. The number of urea groups is 1. The van der Waals surface area contributed by atoms with E-state index in [1.165, 1.54) is 6.20 Å². The number of nitrogens with one attached hydrogen (secondary N) is 4. The second-order valence-electron chi connectivity index (χ2n) is 6.43. The summed E-state index contributed by atoms with van der Waals surface area (Å²) in [6, 6.07) is 9.15. The molecule has 0 unspecified atom stereocenters. The van der Waals surface area contributed by atoms with Gasteiger partial charge in [-0.2, -0.15) is 5.10 Å². The van der Waals surface area contributed by atoms with Crippen molar-refractivity contribution in [3.05, 3.63) is 47.8 Å². The Morgan fingerprint density at radius 2 is 1.92 bits per heavy atom. The molecule has 0 bridgehead atoms. The van der Waals surface area contributed by atoms with Crippen molar-refractivity contribution in [2.75, 3.05) is 5.32 Å². The third-order valence-corrected chi connectivity index (χ3v) is 4.44. The predicted molar refractivity (Wildman–Crippen MR) is 98.7 cm³/mol. The monoisotopic (exact) mass is 359 g/mol. The normalized spacial score (nSPS) is 19.6. The number of hydrogen-bond donors (Lipinski definition) is 5. The zero-order chi connectivity index (χ0) is 18.4. The highest BCUT2D eigenvalue weighted by molar-refractivity contribution is 6.01. The van der Waals surface area contributed by atoms with Gasteiger partial charge in [0.1, 0.15) is 5.69 Å². The number of carbonyl (C=O) groups is 2. The van der Waals surface area contributed by atoms with Crippen LogP contribution < -0.4 is 16.0 Å². The fourth-order valence-electron chi connectivity index (χ4n) is 2.98. The van der Waals surface area contributed by atoms with Crippen molar-refractivity contribution in [3.63, 3.8) is 0 Å². The van der Waals surface area contributed by atoms with Gasteiger partial charge in [0.25, 0.3) is 5.91 Å². The molecule has 1 fully saturated rings. The minimum Gasteiger partial charge on any atom is -0.393 e. The molecule has 8 nitrogen and oxygen atoms in total. The van der Waals surface area contributed by atoms with Crippen molar-refractivity contribution in [1.82, 2.24) is 20.8 Å². The molecule has 1 aliphatic carbocycles. The number of aliphatic hydroxyl groups is 1. The number of H-pyrrole nitrogens is 1. The van der Waals surface area contributed by atoms with E-state index in [2.05, 4.69) is 26.1 Å². The SMILES string of the molecule is O=C(NCc1ccccc1)Nc1cn[nH]c1C(=O)NC1CCC(O)CC1.[HH]. The van der Waals surface area contributed by atoms with Crippen LogP contribution in [-0.4, -0.2) is 39.4 Å². The van der Waals surface area contributed by atoms with Crippen LogP contribution in [0.5, 0.6) is 0 Å². The van der Waals surface area contributed by atoms with E-state index >= 15 is 0 Å². The maximum Gasteiger partial charge on any atom is 0.319 e. The molecule has 0 saturated heterocycles. The molecule has 0 atom stereocenters. The number of aromatic amines is 1. The lowest BCUT2D eigenvalue weighted by atomic mass is 9.93. The summed E-state index contributed by atoms with van der Waals surface area (Å²) in [4.78, 5) is 24.5. The van der Waals surface area contributed by atoms with E-state index in [1.807, 2.05) is 30.3 Å². The van der Waals surface area contributed by atoms with Gasteiger partial charge in [0.2, 0.25) is 0 Å². The summed E-state index contributed by atoms with van der Waals surface area (Å²) >= 11 is 0. The molecule has 2 aromatic rings. The van der Waals surface area contributed by atoms with Gasteiger partial charge in [0.05, 0.1) is 18.0 Å². The molecule has 1 aromatic heterocycles. The second kappa shape index (κ2) is 8.48. The molecular formula is C18H25N5O3. The third-order valence-electron chi connectivity index (χ3n) is 4.44. The Balaban J connectivity index is 0.00000261. The van der Waals surface area contributed by atoms with Gasteiger partial charge < -0.3 is 21.1 Å². The van der Waals surface area contributed by atoms with E-state index in [4.69, 9.17) is 0 Å². The van der Waals surface area contributed by atoms with E-state index in [9.17, 15) is 14.7 Å². The Labute approximate surface area is 152 Å². The van der Waals surface area contributed by atoms with Crippen molar-refractivity contribution in [1.29, 1.82) is 0 Å². The Bertz CT molecular complexity index is 744. The van der Waals surface area contributed by atoms with Crippen LogP contribution in [0.4, 0.5) is 10.5 Å². The lowest BCUT2D eigenvalue weighted by molar-refractivity contribution is 0.0864. The number of rotatable bonds is 5. The molecule has 3 amide bonds. The summed E-state index contributed by atoms with van der Waals surface area (Å²) in [5, 5.41) is 24.3. The van der Waals surface area contributed by atoms with Gasteiger partial charge in [0.15, 0.2) is 0 Å². The smallest absolute Gasteiger partial charge is 0.319 e. The first-order valence-electron chi connectivity index (χ1n) is 8.73. The maximum absolute atomic E-state index is 12.4. The number of benzene rings is 1. The number of aliphatic hydroxyl groups excluding tert-OH is 1. The molecule has 1 saturated carbocycles. The lowest BCUT2D eigenvalue weighted by Crippen LogP contribution is -2.39. The first-order valence-corrected chi connectivity index (χ1v) is 8.73. The van der Waals surface area contributed by atoms with Crippen LogP contribution in [0.25, 0.3) is 0 Å². The van der Waals surface area contributed by atoms with Gasteiger partial charge >= 0.3 is 6.03 Å². The van der Waals surface area contributed by atoms with E-state index in [0.717, 1.165) is 18.4 Å². The summed E-state index contributed by atoms with van der Waals surface area (Å²) in [6.45, 7) is 0.385. The van der Waals surface area contributed by atoms with Gasteiger partial charge in [-0.15, -0.1) is 0 Å². The van der Waals surface area contributed by atoms with Crippen LogP contribution in [0.15, 0.2) is 36.5 Å². The first-order chi connectivity index (χ1) is 12.6. The van der Waals surface area contributed by atoms with E-state index in [1.54, 1.807) is 0 Å². The molecule has 5 N–H and O–H groups in total. The highest BCUT2D eigenvalue weighted by atomic mass is 16.3. The van der Waals surface area contributed by atoms with E-state index < -0.39 is 6.03 Å². The highest BCUT2D eigenvalue weighted by Gasteiger charge is 2.23. The quantitative estimate of drug-likeness (QED) is 0.561. The standard InChI is InChI=1S/C18H23N5O3.H2/c24-14-8-6-13(7-9-14)21-17(25)16-15(11-20-23-16)22-18(26)19-10-12-4-2-1-3-5-12;/h1-5,11,13-14,24H,6-10H2,(H,20,23)(H,21,25)(H2,19,22,26);1H. The van der Waals surface area contributed by atoms with Crippen LogP contribution in [-0.2, 0) is 6.54 Å². The van der Waals surface area contributed by atoms with Gasteiger partial charge in [0, 0.05) is 14.0 Å². The van der Waals surface area contributed by atoms with Crippen molar-refractivity contribution < 1.29 is 16.1 Å². The van der Waals surface area contributed by atoms with Crippen LogP contribution in [0.1, 0.15) is 43.2 Å². The zero-order valence-electron chi connectivity index (χ0n) is 14.4. The highest BCUT2D eigenvalue weighted by Crippen LogP contribution is 2.19. The topological polar surface area (TPSA) is 119 Å². The molecule has 0 aliphatic heterocycles. The Kier molecular flexibility index (Phi) is 5.85. The number of hydrogen-bond acceptors (Lipinski definition) is 4. The minimum absolute atomic E-state index is 0. The average molecular weight is 359 g/mol. The van der Waals surface area contributed by atoms with Crippen molar-refractivity contribution in [3.8, 4) is 0 Å². The Morgan fingerprint density at radius 3 is 2.65 bits per heavy atom. The van der Waals surface area contributed by atoms with Crippen molar-refractivity contribution >= 4 is 17.6 Å². The summed E-state index contributed by atoms with van der Waals surface area (Å²) in [5.74, 6) is -0.317. The fourth-order valence-corrected chi connectivity index (χ4v) is 2.98. The number of aromatic nitrogens is 2. The molecule has 1 aromatic carbocycles.